The van der Waals surface area contributed by atoms with Crippen molar-refractivity contribution >= 4 is 47.2 Å². The SMILES string of the molecule is Cc1cc(C)nc(SCC(=O)N/N=C\c2ccc(Sc3ccc(Cl)cc3)cc2)n1. The van der Waals surface area contributed by atoms with E-state index < -0.39 is 0 Å². The molecule has 0 radical (unpaired) electrons. The number of benzene rings is 2. The molecule has 3 aromatic rings. The molecule has 0 saturated carbocycles. The van der Waals surface area contributed by atoms with Crippen molar-refractivity contribution in [2.75, 3.05) is 5.75 Å². The molecule has 29 heavy (non-hydrogen) atoms. The second-order valence-electron chi connectivity index (χ2n) is 6.14. The number of hydrazone groups is 1. The van der Waals surface area contributed by atoms with Gasteiger partial charge < -0.3 is 0 Å². The van der Waals surface area contributed by atoms with E-state index in [4.69, 9.17) is 11.6 Å². The van der Waals surface area contributed by atoms with Gasteiger partial charge in [-0.2, -0.15) is 5.10 Å². The van der Waals surface area contributed by atoms with Gasteiger partial charge in [-0.15, -0.1) is 0 Å². The predicted octanol–water partition coefficient (Wildman–Crippen LogP) is 5.14. The van der Waals surface area contributed by atoms with E-state index in [1.54, 1.807) is 18.0 Å². The number of aryl methyl sites for hydroxylation is 2. The van der Waals surface area contributed by atoms with Crippen LogP contribution in [0.1, 0.15) is 17.0 Å². The number of nitrogens with one attached hydrogen (secondary N) is 1. The van der Waals surface area contributed by atoms with Gasteiger partial charge in [-0.3, -0.25) is 4.79 Å². The van der Waals surface area contributed by atoms with Gasteiger partial charge in [-0.25, -0.2) is 15.4 Å². The minimum atomic E-state index is -0.205. The number of nitrogens with zero attached hydrogens (tertiary/aromatic N) is 3. The Kier molecular flexibility index (Phi) is 7.69. The Balaban J connectivity index is 1.47. The number of aromatic nitrogens is 2. The van der Waals surface area contributed by atoms with E-state index in [2.05, 4.69) is 20.5 Å². The lowest BCUT2D eigenvalue weighted by atomic mass is 10.2. The van der Waals surface area contributed by atoms with Gasteiger partial charge in [-0.05, 0) is 61.9 Å². The Hall–Kier alpha value is -2.35. The molecule has 0 fully saturated rings. The first kappa shape index (κ1) is 21.4. The molecule has 0 unspecified atom stereocenters. The summed E-state index contributed by atoms with van der Waals surface area (Å²) in [6.07, 6.45) is 1.62. The maximum Gasteiger partial charge on any atom is 0.250 e. The molecule has 8 heteroatoms. The Morgan fingerprint density at radius 1 is 1.03 bits per heavy atom. The first-order valence-electron chi connectivity index (χ1n) is 8.78. The molecule has 0 saturated heterocycles. The molecule has 0 atom stereocenters. The molecular weight excluding hydrogens is 424 g/mol. The Morgan fingerprint density at radius 3 is 2.24 bits per heavy atom. The molecule has 0 aliphatic carbocycles. The van der Waals surface area contributed by atoms with Crippen molar-refractivity contribution in [3.8, 4) is 0 Å². The Morgan fingerprint density at radius 2 is 1.62 bits per heavy atom. The fourth-order valence-electron chi connectivity index (χ4n) is 2.36. The Labute approximate surface area is 183 Å². The summed E-state index contributed by atoms with van der Waals surface area (Å²) < 4.78 is 0. The van der Waals surface area contributed by atoms with E-state index >= 15 is 0 Å². The summed E-state index contributed by atoms with van der Waals surface area (Å²) in [6, 6.07) is 17.5. The van der Waals surface area contributed by atoms with Gasteiger partial charge in [0, 0.05) is 26.2 Å². The second-order valence-corrected chi connectivity index (χ2v) is 8.67. The van der Waals surface area contributed by atoms with Crippen molar-refractivity contribution in [3.05, 3.63) is 76.6 Å². The van der Waals surface area contributed by atoms with Crippen molar-refractivity contribution < 1.29 is 4.79 Å². The quantitative estimate of drug-likeness (QED) is 0.237. The van der Waals surface area contributed by atoms with Crippen molar-refractivity contribution in [2.24, 2.45) is 5.10 Å². The van der Waals surface area contributed by atoms with Gasteiger partial charge in [0.05, 0.1) is 12.0 Å². The van der Waals surface area contributed by atoms with Crippen LogP contribution in [0, 0.1) is 13.8 Å². The van der Waals surface area contributed by atoms with Crippen molar-refractivity contribution in [1.82, 2.24) is 15.4 Å². The molecule has 0 aliphatic heterocycles. The van der Waals surface area contributed by atoms with Crippen LogP contribution >= 0.6 is 35.1 Å². The van der Waals surface area contributed by atoms with Crippen LogP contribution in [0.2, 0.25) is 5.02 Å². The van der Waals surface area contributed by atoms with Crippen LogP contribution in [0.15, 0.2) is 74.6 Å². The lowest BCUT2D eigenvalue weighted by molar-refractivity contribution is -0.118. The third kappa shape index (κ3) is 7.20. The molecule has 5 nitrogen and oxygen atoms in total. The summed E-state index contributed by atoms with van der Waals surface area (Å²) >= 11 is 8.85. The van der Waals surface area contributed by atoms with Crippen LogP contribution in [-0.2, 0) is 4.79 Å². The molecule has 0 bridgehead atoms. The van der Waals surface area contributed by atoms with Gasteiger partial charge in [0.2, 0.25) is 0 Å². The number of thioether (sulfide) groups is 1. The molecule has 1 amide bonds. The van der Waals surface area contributed by atoms with Gasteiger partial charge in [0.25, 0.3) is 5.91 Å². The highest BCUT2D eigenvalue weighted by molar-refractivity contribution is 7.99. The molecule has 3 rings (SSSR count). The summed E-state index contributed by atoms with van der Waals surface area (Å²) in [5.41, 5.74) is 5.20. The zero-order valence-corrected chi connectivity index (χ0v) is 18.3. The van der Waals surface area contributed by atoms with Gasteiger partial charge in [0.1, 0.15) is 0 Å². The number of rotatable bonds is 7. The molecule has 1 heterocycles. The summed E-state index contributed by atoms with van der Waals surface area (Å²) in [5, 5.41) is 5.33. The summed E-state index contributed by atoms with van der Waals surface area (Å²) in [6.45, 7) is 3.81. The first-order chi connectivity index (χ1) is 14.0. The van der Waals surface area contributed by atoms with Crippen LogP contribution in [0.3, 0.4) is 0 Å². The Bertz CT molecular complexity index is 988. The maximum atomic E-state index is 11.9. The lowest BCUT2D eigenvalue weighted by Crippen LogP contribution is -2.19. The van der Waals surface area contributed by atoms with E-state index in [9.17, 15) is 4.79 Å². The third-order valence-corrected chi connectivity index (χ3v) is 5.74. The second kappa shape index (κ2) is 10.4. The minimum Gasteiger partial charge on any atom is -0.272 e. The smallest absolute Gasteiger partial charge is 0.250 e. The number of halogens is 1. The average Bonchev–Trinajstić information content (AvgIpc) is 2.69. The van der Waals surface area contributed by atoms with Crippen LogP contribution in [0.5, 0.6) is 0 Å². The minimum absolute atomic E-state index is 0.205. The number of carbonyl (C=O) groups excluding carboxylic acids is 1. The van der Waals surface area contributed by atoms with Gasteiger partial charge >= 0.3 is 0 Å². The molecule has 1 aromatic heterocycles. The standard InChI is InChI=1S/C21H19ClN4OS2/c1-14-11-15(2)25-21(24-14)28-13-20(27)26-23-12-16-3-7-18(8-4-16)29-19-9-5-17(22)6-10-19/h3-12H,13H2,1-2H3,(H,26,27)/b23-12-. The van der Waals surface area contributed by atoms with Crippen LogP contribution in [-0.4, -0.2) is 27.8 Å². The number of hydrogen-bond donors (Lipinski definition) is 1. The highest BCUT2D eigenvalue weighted by Gasteiger charge is 2.05. The van der Waals surface area contributed by atoms with E-state index in [1.807, 2.05) is 68.4 Å². The molecule has 2 aromatic carbocycles. The number of hydrogen-bond acceptors (Lipinski definition) is 6. The molecule has 0 aliphatic rings. The first-order valence-corrected chi connectivity index (χ1v) is 11.0. The van der Waals surface area contributed by atoms with Crippen LogP contribution in [0.4, 0.5) is 0 Å². The zero-order valence-electron chi connectivity index (χ0n) is 15.9. The van der Waals surface area contributed by atoms with Crippen LogP contribution in [0.25, 0.3) is 0 Å². The predicted molar refractivity (Wildman–Crippen MR) is 120 cm³/mol. The number of carbonyl (C=O) groups is 1. The highest BCUT2D eigenvalue weighted by atomic mass is 35.5. The third-order valence-electron chi connectivity index (χ3n) is 3.63. The monoisotopic (exact) mass is 442 g/mol. The number of amides is 1. The molecule has 0 spiro atoms. The largest absolute Gasteiger partial charge is 0.272 e. The lowest BCUT2D eigenvalue weighted by Gasteiger charge is -2.03. The molecule has 148 valence electrons. The maximum absolute atomic E-state index is 11.9. The molecule has 1 N–H and O–H groups in total. The zero-order chi connectivity index (χ0) is 20.6. The van der Waals surface area contributed by atoms with Crippen molar-refractivity contribution in [3.63, 3.8) is 0 Å². The van der Waals surface area contributed by atoms with Crippen LogP contribution < -0.4 is 5.43 Å². The summed E-state index contributed by atoms with van der Waals surface area (Å²) in [7, 11) is 0. The normalized spacial score (nSPS) is 11.0. The topological polar surface area (TPSA) is 67.2 Å². The fourth-order valence-corrected chi connectivity index (χ4v) is 4.04. The average molecular weight is 443 g/mol. The van der Waals surface area contributed by atoms with Crippen molar-refractivity contribution in [2.45, 2.75) is 28.8 Å². The van der Waals surface area contributed by atoms with Gasteiger partial charge in [0.15, 0.2) is 5.16 Å². The summed E-state index contributed by atoms with van der Waals surface area (Å²) in [5.74, 6) is 0.000561. The van der Waals surface area contributed by atoms with Gasteiger partial charge in [-0.1, -0.05) is 47.3 Å². The van der Waals surface area contributed by atoms with E-state index in [1.165, 1.54) is 11.8 Å². The highest BCUT2D eigenvalue weighted by Crippen LogP contribution is 2.28. The molecular formula is C21H19ClN4OS2. The fraction of sp³-hybridized carbons (Fsp3) is 0.143. The van der Waals surface area contributed by atoms with Crippen molar-refractivity contribution in [1.29, 1.82) is 0 Å². The van der Waals surface area contributed by atoms with E-state index in [0.717, 1.165) is 31.8 Å². The van der Waals surface area contributed by atoms with E-state index in [0.29, 0.717) is 5.16 Å². The summed E-state index contributed by atoms with van der Waals surface area (Å²) in [4.78, 5) is 22.8. The van der Waals surface area contributed by atoms with E-state index in [-0.39, 0.29) is 11.7 Å².